The zero-order valence-electron chi connectivity index (χ0n) is 13.2. The molecule has 1 amide bonds. The number of carboxylic acids is 1. The van der Waals surface area contributed by atoms with Crippen LogP contribution < -0.4 is 5.56 Å². The number of carboxylic acid groups (broad SMARTS) is 1. The maximum atomic E-state index is 13.0. The molecule has 1 saturated heterocycles. The molecule has 8 heteroatoms. The summed E-state index contributed by atoms with van der Waals surface area (Å²) < 4.78 is 1.52. The molecule has 4 rings (SSSR count). The van der Waals surface area contributed by atoms with Crippen LogP contribution in [0.5, 0.6) is 0 Å². The minimum Gasteiger partial charge on any atom is -0.480 e. The molecule has 2 aliphatic heterocycles. The number of likely N-dealkylation sites (tertiary alicyclic amines) is 1. The summed E-state index contributed by atoms with van der Waals surface area (Å²) in [5.74, 6) is -0.458. The van der Waals surface area contributed by atoms with E-state index in [0.717, 1.165) is 31.4 Å². The van der Waals surface area contributed by atoms with Crippen LogP contribution in [-0.4, -0.2) is 49.3 Å². The van der Waals surface area contributed by atoms with Gasteiger partial charge in [-0.15, -0.1) is 0 Å². The minimum atomic E-state index is -0.984. The van der Waals surface area contributed by atoms with Crippen LogP contribution in [0.25, 0.3) is 0 Å². The Morgan fingerprint density at radius 1 is 1.29 bits per heavy atom. The van der Waals surface area contributed by atoms with Gasteiger partial charge in [0.15, 0.2) is 5.16 Å². The highest BCUT2D eigenvalue weighted by Crippen LogP contribution is 2.40. The molecule has 1 aliphatic carbocycles. The van der Waals surface area contributed by atoms with Crippen LogP contribution >= 0.6 is 11.8 Å². The van der Waals surface area contributed by atoms with Gasteiger partial charge in [0.1, 0.15) is 11.6 Å². The Hall–Kier alpha value is -1.83. The Kier molecular flexibility index (Phi) is 3.86. The fourth-order valence-corrected chi connectivity index (χ4v) is 5.19. The first kappa shape index (κ1) is 15.7. The van der Waals surface area contributed by atoms with Crippen molar-refractivity contribution in [2.75, 3.05) is 5.75 Å². The lowest BCUT2D eigenvalue weighted by molar-refractivity contribution is -0.141. The van der Waals surface area contributed by atoms with Gasteiger partial charge in [-0.3, -0.25) is 14.2 Å². The standard InChI is InChI=1S/C16H19N3O4S/c20-13-10(8-17-16-18(13)5-6-24-16)14(21)19-11-4-2-1-3-9(11)7-12(19)15(22)23/h8-9,11-12H,1-7H2,(H,22,23)/t9-,11-,12+/m1/s1. The van der Waals surface area contributed by atoms with Crippen molar-refractivity contribution in [1.29, 1.82) is 0 Å². The molecule has 1 aromatic heterocycles. The van der Waals surface area contributed by atoms with E-state index in [1.54, 1.807) is 0 Å². The second-order valence-electron chi connectivity index (χ2n) is 6.67. The van der Waals surface area contributed by atoms with E-state index in [9.17, 15) is 19.5 Å². The molecule has 1 N–H and O–H groups in total. The van der Waals surface area contributed by atoms with Crippen molar-refractivity contribution in [2.24, 2.45) is 5.92 Å². The molecule has 3 heterocycles. The van der Waals surface area contributed by atoms with Crippen molar-refractivity contribution in [1.82, 2.24) is 14.5 Å². The number of hydrogen-bond acceptors (Lipinski definition) is 5. The van der Waals surface area contributed by atoms with Crippen LogP contribution in [0.1, 0.15) is 42.5 Å². The van der Waals surface area contributed by atoms with Crippen molar-refractivity contribution >= 4 is 23.6 Å². The summed E-state index contributed by atoms with van der Waals surface area (Å²) in [6.07, 6.45) is 5.66. The van der Waals surface area contributed by atoms with Crippen LogP contribution in [-0.2, 0) is 11.3 Å². The highest BCUT2D eigenvalue weighted by atomic mass is 32.2. The fraction of sp³-hybridized carbons (Fsp3) is 0.625. The Morgan fingerprint density at radius 3 is 2.88 bits per heavy atom. The number of hydrogen-bond donors (Lipinski definition) is 1. The van der Waals surface area contributed by atoms with Crippen molar-refractivity contribution in [2.45, 2.75) is 55.9 Å². The third-order valence-corrected chi connectivity index (χ3v) is 6.37. The molecule has 7 nitrogen and oxygen atoms in total. The normalized spacial score (nSPS) is 28.5. The molecule has 1 saturated carbocycles. The van der Waals surface area contributed by atoms with Crippen molar-refractivity contribution in [3.63, 3.8) is 0 Å². The molecule has 24 heavy (non-hydrogen) atoms. The maximum Gasteiger partial charge on any atom is 0.326 e. The molecule has 128 valence electrons. The van der Waals surface area contributed by atoms with E-state index in [0.29, 0.717) is 18.1 Å². The first-order valence-corrected chi connectivity index (χ1v) is 9.34. The second kappa shape index (κ2) is 5.91. The topological polar surface area (TPSA) is 92.5 Å². The van der Waals surface area contributed by atoms with Gasteiger partial charge in [-0.25, -0.2) is 9.78 Å². The predicted molar refractivity (Wildman–Crippen MR) is 87.2 cm³/mol. The van der Waals surface area contributed by atoms with Crippen molar-refractivity contribution in [3.8, 4) is 0 Å². The van der Waals surface area contributed by atoms with E-state index in [4.69, 9.17) is 0 Å². The van der Waals surface area contributed by atoms with Gasteiger partial charge in [-0.1, -0.05) is 24.6 Å². The summed E-state index contributed by atoms with van der Waals surface area (Å²) in [4.78, 5) is 43.0. The number of aliphatic carboxylic acids is 1. The van der Waals surface area contributed by atoms with Crippen LogP contribution in [0.3, 0.4) is 0 Å². The lowest BCUT2D eigenvalue weighted by Gasteiger charge is -2.32. The van der Waals surface area contributed by atoms with Gasteiger partial charge in [-0.2, -0.15) is 0 Å². The summed E-state index contributed by atoms with van der Waals surface area (Å²) in [7, 11) is 0. The number of carbonyl (C=O) groups excluding carboxylic acids is 1. The molecular weight excluding hydrogens is 330 g/mol. The Labute approximate surface area is 143 Å². The molecule has 0 spiro atoms. The van der Waals surface area contributed by atoms with Gasteiger partial charge >= 0.3 is 5.97 Å². The summed E-state index contributed by atoms with van der Waals surface area (Å²) in [5, 5.41) is 10.2. The lowest BCUT2D eigenvalue weighted by Crippen LogP contribution is -2.48. The van der Waals surface area contributed by atoms with E-state index in [-0.39, 0.29) is 23.1 Å². The number of amides is 1. The summed E-state index contributed by atoms with van der Waals surface area (Å²) in [6, 6.07) is -0.906. The van der Waals surface area contributed by atoms with Gasteiger partial charge in [0.2, 0.25) is 0 Å². The van der Waals surface area contributed by atoms with Gasteiger partial charge in [0, 0.05) is 24.5 Å². The van der Waals surface area contributed by atoms with E-state index >= 15 is 0 Å². The molecule has 3 atom stereocenters. The lowest BCUT2D eigenvalue weighted by atomic mass is 9.84. The third-order valence-electron chi connectivity index (χ3n) is 5.39. The number of nitrogens with zero attached hydrogens (tertiary/aromatic N) is 3. The van der Waals surface area contributed by atoms with Gasteiger partial charge in [0.25, 0.3) is 11.5 Å². The molecule has 2 fully saturated rings. The zero-order valence-corrected chi connectivity index (χ0v) is 14.0. The van der Waals surface area contributed by atoms with Crippen molar-refractivity contribution < 1.29 is 14.7 Å². The molecule has 0 aromatic carbocycles. The largest absolute Gasteiger partial charge is 0.480 e. The third kappa shape index (κ3) is 2.35. The minimum absolute atomic E-state index is 0.00118. The summed E-state index contributed by atoms with van der Waals surface area (Å²) in [5.41, 5.74) is -0.350. The van der Waals surface area contributed by atoms with Crippen LogP contribution in [0.15, 0.2) is 16.1 Å². The maximum absolute atomic E-state index is 13.0. The Balaban J connectivity index is 1.72. The van der Waals surface area contributed by atoms with Gasteiger partial charge in [-0.05, 0) is 25.2 Å². The molecular formula is C16H19N3O4S. The van der Waals surface area contributed by atoms with E-state index in [1.807, 2.05) is 0 Å². The molecule has 3 aliphatic rings. The quantitative estimate of drug-likeness (QED) is 0.807. The fourth-order valence-electron chi connectivity index (χ4n) is 4.28. The van der Waals surface area contributed by atoms with E-state index in [1.165, 1.54) is 27.4 Å². The van der Waals surface area contributed by atoms with Crippen molar-refractivity contribution in [3.05, 3.63) is 22.1 Å². The molecule has 0 unspecified atom stereocenters. The Bertz CT molecular complexity index is 762. The van der Waals surface area contributed by atoms with Crippen LogP contribution in [0.4, 0.5) is 0 Å². The highest BCUT2D eigenvalue weighted by molar-refractivity contribution is 7.99. The average Bonchev–Trinajstić information content (AvgIpc) is 3.19. The number of carbonyl (C=O) groups is 2. The first-order chi connectivity index (χ1) is 11.6. The highest BCUT2D eigenvalue weighted by Gasteiger charge is 2.48. The van der Waals surface area contributed by atoms with Crippen LogP contribution in [0.2, 0.25) is 0 Å². The zero-order chi connectivity index (χ0) is 16.8. The second-order valence-corrected chi connectivity index (χ2v) is 7.74. The molecule has 0 bridgehead atoms. The summed E-state index contributed by atoms with van der Waals surface area (Å²) in [6.45, 7) is 0.543. The smallest absolute Gasteiger partial charge is 0.326 e. The van der Waals surface area contributed by atoms with Gasteiger partial charge in [0.05, 0.1) is 0 Å². The monoisotopic (exact) mass is 349 g/mol. The van der Waals surface area contributed by atoms with E-state index in [2.05, 4.69) is 4.98 Å². The average molecular weight is 349 g/mol. The number of thioether (sulfide) groups is 1. The molecule has 1 aromatic rings. The molecule has 0 radical (unpaired) electrons. The summed E-state index contributed by atoms with van der Waals surface area (Å²) >= 11 is 1.49. The number of fused-ring (bicyclic) bond motifs is 2. The number of rotatable bonds is 2. The van der Waals surface area contributed by atoms with E-state index < -0.39 is 17.9 Å². The Morgan fingerprint density at radius 2 is 2.08 bits per heavy atom. The SMILES string of the molecule is O=C(O)[C@@H]1C[C@H]2CCCC[C@H]2N1C(=O)c1cnc2n(c1=O)CCS2. The van der Waals surface area contributed by atoms with Crippen LogP contribution in [0, 0.1) is 5.92 Å². The van der Waals surface area contributed by atoms with Gasteiger partial charge < -0.3 is 10.0 Å². The first-order valence-electron chi connectivity index (χ1n) is 8.36. The number of aromatic nitrogens is 2. The predicted octanol–water partition coefficient (Wildman–Crippen LogP) is 1.21.